The first kappa shape index (κ1) is 17.5. The lowest BCUT2D eigenvalue weighted by Gasteiger charge is -2.32. The molecule has 0 radical (unpaired) electrons. The van der Waals surface area contributed by atoms with Gasteiger partial charge in [0, 0.05) is 25.8 Å². The SMILES string of the molecule is CC[C@H](CNC(=O)N1CCC[C@@H](CO)C1)Oc1cccc(F)c1. The van der Waals surface area contributed by atoms with Crippen LogP contribution in [0.3, 0.4) is 0 Å². The molecule has 6 heteroatoms. The number of aliphatic hydroxyl groups is 1. The molecule has 2 atom stereocenters. The van der Waals surface area contributed by atoms with Crippen molar-refractivity contribution in [3.63, 3.8) is 0 Å². The lowest BCUT2D eigenvalue weighted by molar-refractivity contribution is 0.125. The van der Waals surface area contributed by atoms with Crippen LogP contribution in [0.2, 0.25) is 0 Å². The molecule has 1 fully saturated rings. The van der Waals surface area contributed by atoms with Crippen LogP contribution in [0.15, 0.2) is 24.3 Å². The number of halogens is 1. The number of carbonyl (C=O) groups excluding carboxylic acids is 1. The highest BCUT2D eigenvalue weighted by molar-refractivity contribution is 5.74. The highest BCUT2D eigenvalue weighted by atomic mass is 19.1. The quantitative estimate of drug-likeness (QED) is 0.845. The van der Waals surface area contributed by atoms with Crippen LogP contribution < -0.4 is 10.1 Å². The molecule has 128 valence electrons. The predicted molar refractivity (Wildman–Crippen MR) is 85.9 cm³/mol. The summed E-state index contributed by atoms with van der Waals surface area (Å²) in [6.07, 6.45) is 2.37. The van der Waals surface area contributed by atoms with E-state index in [1.165, 1.54) is 12.1 Å². The van der Waals surface area contributed by atoms with Crippen molar-refractivity contribution in [1.82, 2.24) is 10.2 Å². The van der Waals surface area contributed by atoms with Crippen molar-refractivity contribution in [2.45, 2.75) is 32.3 Å². The second-order valence-electron chi connectivity index (χ2n) is 5.93. The Hall–Kier alpha value is -1.82. The van der Waals surface area contributed by atoms with Crippen LogP contribution >= 0.6 is 0 Å². The van der Waals surface area contributed by atoms with Gasteiger partial charge in [-0.3, -0.25) is 0 Å². The van der Waals surface area contributed by atoms with Crippen molar-refractivity contribution in [3.05, 3.63) is 30.1 Å². The Kier molecular flexibility index (Phi) is 6.65. The molecule has 0 saturated carbocycles. The summed E-state index contributed by atoms with van der Waals surface area (Å²) in [5, 5.41) is 12.1. The monoisotopic (exact) mass is 324 g/mol. The fourth-order valence-electron chi connectivity index (χ4n) is 2.71. The first-order chi connectivity index (χ1) is 11.1. The van der Waals surface area contributed by atoms with Crippen LogP contribution in [0.4, 0.5) is 9.18 Å². The second kappa shape index (κ2) is 8.72. The first-order valence-corrected chi connectivity index (χ1v) is 8.18. The lowest BCUT2D eigenvalue weighted by Crippen LogP contribution is -2.48. The largest absolute Gasteiger partial charge is 0.489 e. The Morgan fingerprint density at radius 3 is 3.09 bits per heavy atom. The molecule has 23 heavy (non-hydrogen) atoms. The van der Waals surface area contributed by atoms with Crippen LogP contribution in [0.25, 0.3) is 0 Å². The van der Waals surface area contributed by atoms with Gasteiger partial charge in [-0.15, -0.1) is 0 Å². The van der Waals surface area contributed by atoms with E-state index < -0.39 is 0 Å². The number of nitrogens with one attached hydrogen (secondary N) is 1. The molecule has 5 nitrogen and oxygen atoms in total. The average molecular weight is 324 g/mol. The Morgan fingerprint density at radius 1 is 1.57 bits per heavy atom. The Bertz CT molecular complexity index is 512. The van der Waals surface area contributed by atoms with Gasteiger partial charge in [-0.25, -0.2) is 9.18 Å². The van der Waals surface area contributed by atoms with Gasteiger partial charge in [0.1, 0.15) is 17.7 Å². The number of likely N-dealkylation sites (tertiary alicyclic amines) is 1. The van der Waals surface area contributed by atoms with Gasteiger partial charge in [0.05, 0.1) is 6.54 Å². The zero-order chi connectivity index (χ0) is 16.7. The summed E-state index contributed by atoms with van der Waals surface area (Å²) in [7, 11) is 0. The fraction of sp³-hybridized carbons (Fsp3) is 0.588. The molecule has 2 rings (SSSR count). The van der Waals surface area contributed by atoms with Crippen molar-refractivity contribution in [1.29, 1.82) is 0 Å². The zero-order valence-corrected chi connectivity index (χ0v) is 13.5. The van der Waals surface area contributed by atoms with Crippen LogP contribution in [0.1, 0.15) is 26.2 Å². The lowest BCUT2D eigenvalue weighted by atomic mass is 9.99. The minimum Gasteiger partial charge on any atom is -0.489 e. The molecule has 0 spiro atoms. The van der Waals surface area contributed by atoms with Gasteiger partial charge in [0.15, 0.2) is 0 Å². The molecule has 2 amide bonds. The normalized spacial score (nSPS) is 19.3. The summed E-state index contributed by atoms with van der Waals surface area (Å²) in [4.78, 5) is 13.9. The third kappa shape index (κ3) is 5.39. The van der Waals surface area contributed by atoms with Crippen LogP contribution in [-0.4, -0.2) is 48.4 Å². The molecule has 1 heterocycles. The standard InChI is InChI=1S/C17H25FN2O3/c1-2-15(23-16-7-3-6-14(18)9-16)10-19-17(22)20-8-4-5-13(11-20)12-21/h3,6-7,9,13,15,21H,2,4-5,8,10-12H2,1H3,(H,19,22)/t13-,15-/m1/s1. The second-order valence-corrected chi connectivity index (χ2v) is 5.93. The van der Waals surface area contributed by atoms with Gasteiger partial charge in [0.25, 0.3) is 0 Å². The molecular formula is C17H25FN2O3. The predicted octanol–water partition coefficient (Wildman–Crippen LogP) is 2.40. The molecule has 0 bridgehead atoms. The van der Waals surface area contributed by atoms with E-state index >= 15 is 0 Å². The molecule has 0 aromatic heterocycles. The summed E-state index contributed by atoms with van der Waals surface area (Å²) in [6, 6.07) is 5.86. The molecular weight excluding hydrogens is 299 g/mol. The van der Waals surface area contributed by atoms with Gasteiger partial charge >= 0.3 is 6.03 Å². The van der Waals surface area contributed by atoms with Gasteiger partial charge in [-0.05, 0) is 37.3 Å². The number of urea groups is 1. The molecule has 2 N–H and O–H groups in total. The van der Waals surface area contributed by atoms with E-state index in [0.29, 0.717) is 31.8 Å². The van der Waals surface area contributed by atoms with E-state index in [9.17, 15) is 14.3 Å². The van der Waals surface area contributed by atoms with Gasteiger partial charge < -0.3 is 20.1 Å². The molecule has 1 saturated heterocycles. The molecule has 1 aromatic rings. The third-order valence-electron chi connectivity index (χ3n) is 4.10. The van der Waals surface area contributed by atoms with Crippen LogP contribution in [0.5, 0.6) is 5.75 Å². The highest BCUT2D eigenvalue weighted by Gasteiger charge is 2.23. The molecule has 1 aliphatic heterocycles. The summed E-state index contributed by atoms with van der Waals surface area (Å²) in [6.45, 7) is 3.74. The first-order valence-electron chi connectivity index (χ1n) is 8.18. The summed E-state index contributed by atoms with van der Waals surface area (Å²) >= 11 is 0. The van der Waals surface area contributed by atoms with Crippen LogP contribution in [-0.2, 0) is 0 Å². The van der Waals surface area contributed by atoms with E-state index in [-0.39, 0.29) is 30.5 Å². The molecule has 0 aliphatic carbocycles. The average Bonchev–Trinajstić information content (AvgIpc) is 2.58. The maximum absolute atomic E-state index is 13.2. The smallest absolute Gasteiger partial charge is 0.317 e. The molecule has 1 aliphatic rings. The van der Waals surface area contributed by atoms with Crippen molar-refractivity contribution in [3.8, 4) is 5.75 Å². The number of rotatable bonds is 6. The number of nitrogens with zero attached hydrogens (tertiary/aromatic N) is 1. The Morgan fingerprint density at radius 2 is 2.39 bits per heavy atom. The zero-order valence-electron chi connectivity index (χ0n) is 13.5. The van der Waals surface area contributed by atoms with Crippen molar-refractivity contribution < 1.29 is 19.0 Å². The summed E-state index contributed by atoms with van der Waals surface area (Å²) in [5.74, 6) is 0.286. The van der Waals surface area contributed by atoms with E-state index in [1.54, 1.807) is 17.0 Å². The number of amides is 2. The minimum absolute atomic E-state index is 0.115. The number of benzene rings is 1. The van der Waals surface area contributed by atoms with E-state index in [2.05, 4.69) is 5.32 Å². The molecule has 1 aromatic carbocycles. The number of hydrogen-bond donors (Lipinski definition) is 2. The van der Waals surface area contributed by atoms with Crippen molar-refractivity contribution in [2.75, 3.05) is 26.2 Å². The number of ether oxygens (including phenoxy) is 1. The van der Waals surface area contributed by atoms with Gasteiger partial charge in [0.2, 0.25) is 0 Å². The number of piperidine rings is 1. The van der Waals surface area contributed by atoms with E-state index in [4.69, 9.17) is 4.74 Å². The maximum atomic E-state index is 13.2. The number of carbonyl (C=O) groups is 1. The van der Waals surface area contributed by atoms with Crippen molar-refractivity contribution in [2.24, 2.45) is 5.92 Å². The Labute approximate surface area is 136 Å². The fourth-order valence-corrected chi connectivity index (χ4v) is 2.71. The van der Waals surface area contributed by atoms with E-state index in [1.807, 2.05) is 6.92 Å². The highest BCUT2D eigenvalue weighted by Crippen LogP contribution is 2.16. The maximum Gasteiger partial charge on any atom is 0.317 e. The molecule has 0 unspecified atom stereocenters. The van der Waals surface area contributed by atoms with Gasteiger partial charge in [-0.2, -0.15) is 0 Å². The number of hydrogen-bond acceptors (Lipinski definition) is 3. The Balaban J connectivity index is 1.81. The van der Waals surface area contributed by atoms with Crippen molar-refractivity contribution >= 4 is 6.03 Å². The van der Waals surface area contributed by atoms with Gasteiger partial charge in [-0.1, -0.05) is 13.0 Å². The third-order valence-corrected chi connectivity index (χ3v) is 4.10. The minimum atomic E-state index is -0.343. The number of aliphatic hydroxyl groups excluding tert-OH is 1. The topological polar surface area (TPSA) is 61.8 Å². The van der Waals surface area contributed by atoms with Crippen LogP contribution in [0, 0.1) is 11.7 Å². The summed E-state index contributed by atoms with van der Waals surface area (Å²) < 4.78 is 18.9. The summed E-state index contributed by atoms with van der Waals surface area (Å²) in [5.41, 5.74) is 0. The van der Waals surface area contributed by atoms with E-state index in [0.717, 1.165) is 12.8 Å².